The van der Waals surface area contributed by atoms with Crippen molar-refractivity contribution in [3.05, 3.63) is 29.3 Å². The third-order valence-electron chi connectivity index (χ3n) is 2.98. The van der Waals surface area contributed by atoms with E-state index in [0.29, 0.717) is 29.8 Å². The van der Waals surface area contributed by atoms with E-state index in [2.05, 4.69) is 5.32 Å². The molecular weight excluding hydrogens is 274 g/mol. The molecule has 0 spiro atoms. The number of hydrogen-bond donors (Lipinski definition) is 3. The van der Waals surface area contributed by atoms with Crippen LogP contribution in [-0.2, 0) is 4.79 Å². The van der Waals surface area contributed by atoms with Gasteiger partial charge in [0.25, 0.3) is 0 Å². The molecule has 0 bridgehead atoms. The van der Waals surface area contributed by atoms with Gasteiger partial charge in [-0.25, -0.2) is 0 Å². The van der Waals surface area contributed by atoms with E-state index in [9.17, 15) is 19.8 Å². The molecule has 0 aliphatic heterocycles. The largest absolute Gasteiger partial charge is 0.493 e. The van der Waals surface area contributed by atoms with Gasteiger partial charge in [-0.15, -0.1) is 0 Å². The Morgan fingerprint density at radius 2 is 2.14 bits per heavy atom. The van der Waals surface area contributed by atoms with Gasteiger partial charge in [0.2, 0.25) is 5.91 Å². The third-order valence-corrected chi connectivity index (χ3v) is 2.98. The number of hydrogen-bond acceptors (Lipinski definition) is 5. The molecule has 0 fully saturated rings. The fourth-order valence-electron chi connectivity index (χ4n) is 1.91. The van der Waals surface area contributed by atoms with E-state index in [1.165, 1.54) is 13.0 Å². The lowest BCUT2D eigenvalue weighted by Gasteiger charge is -2.19. The van der Waals surface area contributed by atoms with E-state index in [0.717, 1.165) is 0 Å². The number of benzene rings is 1. The van der Waals surface area contributed by atoms with Crippen molar-refractivity contribution in [1.29, 1.82) is 0 Å². The summed E-state index contributed by atoms with van der Waals surface area (Å²) in [6.07, 6.45) is -1.31. The lowest BCUT2D eigenvalue weighted by Crippen LogP contribution is -2.27. The van der Waals surface area contributed by atoms with Crippen LogP contribution in [0.3, 0.4) is 0 Å². The van der Waals surface area contributed by atoms with Gasteiger partial charge in [-0.05, 0) is 31.0 Å². The van der Waals surface area contributed by atoms with Crippen molar-refractivity contribution in [2.45, 2.75) is 32.5 Å². The zero-order chi connectivity index (χ0) is 15.8. The van der Waals surface area contributed by atoms with Crippen molar-refractivity contribution in [3.8, 4) is 5.75 Å². The Bertz CT molecular complexity index is 489. The van der Waals surface area contributed by atoms with Crippen LogP contribution in [0.4, 0.5) is 0 Å². The molecule has 6 heteroatoms. The summed E-state index contributed by atoms with van der Waals surface area (Å²) in [6.45, 7) is 3.89. The fourth-order valence-corrected chi connectivity index (χ4v) is 1.91. The molecule has 0 saturated heterocycles. The number of aliphatic hydroxyl groups excluding tert-OH is 2. The van der Waals surface area contributed by atoms with Gasteiger partial charge in [0.15, 0.2) is 6.29 Å². The van der Waals surface area contributed by atoms with E-state index in [-0.39, 0.29) is 18.9 Å². The minimum absolute atomic E-state index is 0.194. The summed E-state index contributed by atoms with van der Waals surface area (Å²) in [5.74, 6) is 0.247. The highest BCUT2D eigenvalue weighted by molar-refractivity contribution is 5.79. The quantitative estimate of drug-likeness (QED) is 0.617. The molecule has 1 aromatic carbocycles. The lowest BCUT2D eigenvalue weighted by molar-refractivity contribution is -0.119. The summed E-state index contributed by atoms with van der Waals surface area (Å²) >= 11 is 0. The number of carbonyl (C=O) groups excluding carboxylic acids is 2. The molecule has 3 N–H and O–H groups in total. The molecule has 6 nitrogen and oxygen atoms in total. The summed E-state index contributed by atoms with van der Waals surface area (Å²) < 4.78 is 5.29. The molecule has 0 saturated carbocycles. The van der Waals surface area contributed by atoms with E-state index in [1.54, 1.807) is 12.1 Å². The molecule has 0 radical (unpaired) electrons. The minimum Gasteiger partial charge on any atom is -0.493 e. The first-order chi connectivity index (χ1) is 9.99. The Hall–Kier alpha value is -1.92. The highest BCUT2D eigenvalue weighted by atomic mass is 16.5. The summed E-state index contributed by atoms with van der Waals surface area (Å²) in [5, 5.41) is 22.5. The molecule has 0 aliphatic rings. The first-order valence-electron chi connectivity index (χ1n) is 6.82. The second kappa shape index (κ2) is 8.39. The van der Waals surface area contributed by atoms with Crippen LogP contribution in [0.25, 0.3) is 0 Å². The van der Waals surface area contributed by atoms with Gasteiger partial charge in [-0.2, -0.15) is 0 Å². The second-order valence-electron chi connectivity index (χ2n) is 4.63. The molecular formula is C15H21NO5. The predicted molar refractivity (Wildman–Crippen MR) is 77.3 cm³/mol. The molecule has 1 rings (SSSR count). The molecule has 116 valence electrons. The summed E-state index contributed by atoms with van der Waals surface area (Å²) in [6, 6.07) is 4.68. The van der Waals surface area contributed by atoms with Crippen molar-refractivity contribution in [3.63, 3.8) is 0 Å². The van der Waals surface area contributed by atoms with Crippen molar-refractivity contribution in [2.24, 2.45) is 0 Å². The number of aliphatic hydroxyl groups is 2. The Labute approximate surface area is 123 Å². The standard InChI is InChI=1S/C15H21NO5/c1-3-21-14-5-4-11(8-12(14)9-17)15(20)13(19)6-7-16-10(2)18/h4-5,8-9,13,15,19-20H,3,6-7H2,1-2H3,(H,16,18). The number of aldehydes is 1. The van der Waals surface area contributed by atoms with Crippen LogP contribution < -0.4 is 10.1 Å². The van der Waals surface area contributed by atoms with Crippen LogP contribution in [-0.4, -0.2) is 41.7 Å². The van der Waals surface area contributed by atoms with Crippen LogP contribution >= 0.6 is 0 Å². The van der Waals surface area contributed by atoms with Gasteiger partial charge in [0, 0.05) is 13.5 Å². The zero-order valence-corrected chi connectivity index (χ0v) is 12.2. The van der Waals surface area contributed by atoms with Gasteiger partial charge in [-0.1, -0.05) is 6.07 Å². The number of carbonyl (C=O) groups is 2. The Morgan fingerprint density at radius 3 is 2.71 bits per heavy atom. The zero-order valence-electron chi connectivity index (χ0n) is 12.2. The lowest BCUT2D eigenvalue weighted by atomic mass is 10.00. The molecule has 0 aromatic heterocycles. The molecule has 0 aliphatic carbocycles. The second-order valence-corrected chi connectivity index (χ2v) is 4.63. The van der Waals surface area contributed by atoms with E-state index in [4.69, 9.17) is 4.74 Å². The van der Waals surface area contributed by atoms with Crippen LogP contribution in [0.1, 0.15) is 42.3 Å². The van der Waals surface area contributed by atoms with Crippen molar-refractivity contribution >= 4 is 12.2 Å². The molecule has 2 unspecified atom stereocenters. The van der Waals surface area contributed by atoms with Gasteiger partial charge in [-0.3, -0.25) is 9.59 Å². The van der Waals surface area contributed by atoms with Gasteiger partial charge < -0.3 is 20.3 Å². The van der Waals surface area contributed by atoms with E-state index < -0.39 is 12.2 Å². The molecule has 21 heavy (non-hydrogen) atoms. The van der Waals surface area contributed by atoms with Crippen molar-refractivity contribution in [2.75, 3.05) is 13.2 Å². The maximum absolute atomic E-state index is 11.0. The molecule has 2 atom stereocenters. The van der Waals surface area contributed by atoms with Gasteiger partial charge in [0.05, 0.1) is 18.3 Å². The molecule has 0 heterocycles. The topological polar surface area (TPSA) is 95.9 Å². The smallest absolute Gasteiger partial charge is 0.216 e. The molecule has 1 amide bonds. The number of amides is 1. The van der Waals surface area contributed by atoms with Crippen molar-refractivity contribution < 1.29 is 24.5 Å². The minimum atomic E-state index is -1.13. The summed E-state index contributed by atoms with van der Waals surface area (Å²) in [4.78, 5) is 21.8. The van der Waals surface area contributed by atoms with Crippen LogP contribution in [0.2, 0.25) is 0 Å². The average molecular weight is 295 g/mol. The average Bonchev–Trinajstić information content (AvgIpc) is 2.46. The first kappa shape index (κ1) is 17.1. The van der Waals surface area contributed by atoms with Gasteiger partial charge >= 0.3 is 0 Å². The Kier molecular flexibility index (Phi) is 6.84. The first-order valence-corrected chi connectivity index (χ1v) is 6.82. The molecule has 1 aromatic rings. The summed E-state index contributed by atoms with van der Waals surface area (Å²) in [7, 11) is 0. The highest BCUT2D eigenvalue weighted by Gasteiger charge is 2.19. The maximum atomic E-state index is 11.0. The summed E-state index contributed by atoms with van der Waals surface area (Å²) in [5.41, 5.74) is 0.748. The predicted octanol–water partition coefficient (Wildman–Crippen LogP) is 0.818. The fraction of sp³-hybridized carbons (Fsp3) is 0.467. The Morgan fingerprint density at radius 1 is 1.43 bits per heavy atom. The number of rotatable bonds is 8. The monoisotopic (exact) mass is 295 g/mol. The van der Waals surface area contributed by atoms with Crippen LogP contribution in [0.15, 0.2) is 18.2 Å². The highest BCUT2D eigenvalue weighted by Crippen LogP contribution is 2.25. The van der Waals surface area contributed by atoms with Crippen LogP contribution in [0, 0.1) is 0 Å². The maximum Gasteiger partial charge on any atom is 0.216 e. The van der Waals surface area contributed by atoms with Crippen molar-refractivity contribution in [1.82, 2.24) is 5.32 Å². The van der Waals surface area contributed by atoms with Crippen LogP contribution in [0.5, 0.6) is 5.75 Å². The Balaban J connectivity index is 2.74. The number of nitrogens with one attached hydrogen (secondary N) is 1. The third kappa shape index (κ3) is 5.17. The SMILES string of the molecule is CCOc1ccc(C(O)C(O)CCNC(C)=O)cc1C=O. The van der Waals surface area contributed by atoms with Gasteiger partial charge in [0.1, 0.15) is 11.9 Å². The van der Waals surface area contributed by atoms with E-state index >= 15 is 0 Å². The van der Waals surface area contributed by atoms with E-state index in [1.807, 2.05) is 6.92 Å². The normalized spacial score (nSPS) is 13.3. The number of ether oxygens (including phenoxy) is 1.